The molecule has 0 saturated carbocycles. The van der Waals surface area contributed by atoms with Crippen LogP contribution in [0.3, 0.4) is 0 Å². The minimum Gasteiger partial charge on any atom is -0.466 e. The van der Waals surface area contributed by atoms with E-state index >= 15 is 0 Å². The van der Waals surface area contributed by atoms with Crippen LogP contribution < -0.4 is 0 Å². The summed E-state index contributed by atoms with van der Waals surface area (Å²) >= 11 is 21.5. The maximum absolute atomic E-state index is 11.6. The average molecular weight is 1350 g/mol. The maximum Gasteiger partial charge on any atom is 0.305 e. The smallest absolute Gasteiger partial charge is 0.305 e. The van der Waals surface area contributed by atoms with Gasteiger partial charge in [-0.1, -0.05) is 207 Å². The maximum atomic E-state index is 11.6. The molecule has 192 valence electrons. The molecule has 0 radical (unpaired) electrons. The largest absolute Gasteiger partial charge is 0.466 e. The van der Waals surface area contributed by atoms with Crippen molar-refractivity contribution in [3.05, 3.63) is 0 Å². The lowest BCUT2D eigenvalue weighted by Crippen LogP contribution is -2.29. The van der Waals surface area contributed by atoms with Gasteiger partial charge in [-0.2, -0.15) is 0 Å². The molecule has 0 fully saturated rings. The number of carbonyl (C=O) groups excluding carboxylic acids is 1. The van der Waals surface area contributed by atoms with Crippen molar-refractivity contribution in [1.29, 1.82) is 0 Å². The van der Waals surface area contributed by atoms with Crippen LogP contribution in [-0.4, -0.2) is 44.0 Å². The van der Waals surface area contributed by atoms with Crippen molar-refractivity contribution in [1.82, 2.24) is 0 Å². The summed E-state index contributed by atoms with van der Waals surface area (Å²) in [7, 11) is 0. The highest BCUT2D eigenvalue weighted by Crippen LogP contribution is 2.36. The molecule has 10 heteroatoms. The summed E-state index contributed by atoms with van der Waals surface area (Å²) in [4.78, 5) is 11.6. The number of alkyl halides is 8. The Kier molecular flexibility index (Phi) is 26.9. The molecule has 0 rings (SSSR count). The molecule has 0 aromatic carbocycles. The van der Waals surface area contributed by atoms with E-state index in [0.29, 0.717) is 28.7 Å². The van der Waals surface area contributed by atoms with Crippen LogP contribution in [0, 0.1) is 0 Å². The number of rotatable bonds is 19. The molecule has 8 unspecified atom stereocenters. The van der Waals surface area contributed by atoms with Crippen LogP contribution >= 0.6 is 181 Å². The van der Waals surface area contributed by atoms with Gasteiger partial charge in [0, 0.05) is 37.8 Å². The van der Waals surface area contributed by atoms with Crippen LogP contribution in [0.2, 0.25) is 0 Å². The summed E-state index contributed by atoms with van der Waals surface area (Å²) < 4.78 is 10.8. The van der Waals surface area contributed by atoms with Crippen LogP contribution in [0.5, 0.6) is 0 Å². The van der Waals surface area contributed by atoms with Gasteiger partial charge < -0.3 is 4.74 Å². The van der Waals surface area contributed by atoms with Crippen LogP contribution in [0.25, 0.3) is 0 Å². The molecule has 0 spiro atoms. The molecule has 0 aliphatic rings. The quantitative estimate of drug-likeness (QED) is 0.0558. The third-order valence-corrected chi connectivity index (χ3v) is 21.9. The number of halogens is 8. The topological polar surface area (TPSA) is 26.3 Å². The highest BCUT2D eigenvalue weighted by Gasteiger charge is 2.29. The Bertz CT molecular complexity index is 485. The second-order valence-corrected chi connectivity index (χ2v) is 20.8. The number of hydrogen-bond donors (Lipinski definition) is 0. The summed E-state index contributed by atoms with van der Waals surface area (Å²) in [5, 5.41) is 0. The van der Waals surface area contributed by atoms with Gasteiger partial charge in [0.2, 0.25) is 0 Å². The van der Waals surface area contributed by atoms with E-state index in [4.69, 9.17) is 4.74 Å². The molecule has 32 heavy (non-hydrogen) atoms. The second-order valence-electron chi connectivity index (χ2n) is 8.03. The minimum atomic E-state index is -0.0507. The van der Waals surface area contributed by atoms with Crippen LogP contribution in [0.15, 0.2) is 0 Å². The highest BCUT2D eigenvalue weighted by molar-refractivity contribution is 14.1. The fraction of sp³-hybridized carbons (Fsp3) is 0.955. The first kappa shape index (κ1) is 37.3. The normalized spacial score (nSPS) is 19.4. The van der Waals surface area contributed by atoms with Gasteiger partial charge >= 0.3 is 5.97 Å². The van der Waals surface area contributed by atoms with Gasteiger partial charge in [0.15, 0.2) is 0 Å². The third-order valence-electron chi connectivity index (χ3n) is 5.17. The van der Waals surface area contributed by atoms with Gasteiger partial charge in [0.05, 0.1) is 6.61 Å². The number of unbranched alkanes of at least 4 members (excludes halogenated alkanes) is 2. The first-order valence-electron chi connectivity index (χ1n) is 11.3. The van der Waals surface area contributed by atoms with E-state index in [9.17, 15) is 4.79 Å². The molecule has 0 N–H and O–H groups in total. The SMILES string of the molecule is CCCCCC(I)C(I)CC(I)C(I)CC(I)C(I)CC(I)C(I)CCCC(=O)OCC. The Morgan fingerprint density at radius 3 is 1.34 bits per heavy atom. The number of carbonyl (C=O) groups is 1. The van der Waals surface area contributed by atoms with Crippen LogP contribution in [0.1, 0.15) is 78.1 Å². The summed E-state index contributed by atoms with van der Waals surface area (Å²) in [5.41, 5.74) is 0. The van der Waals surface area contributed by atoms with Crippen molar-refractivity contribution < 1.29 is 9.53 Å². The van der Waals surface area contributed by atoms with Crippen molar-refractivity contribution in [3.8, 4) is 0 Å². The number of ether oxygens (including phenoxy) is 1. The lowest BCUT2D eigenvalue weighted by Gasteiger charge is -2.27. The van der Waals surface area contributed by atoms with E-state index in [2.05, 4.69) is 188 Å². The average Bonchev–Trinajstić information content (AvgIpc) is 2.73. The summed E-state index contributed by atoms with van der Waals surface area (Å²) in [6.07, 6.45) is 11.9. The van der Waals surface area contributed by atoms with Gasteiger partial charge in [0.1, 0.15) is 0 Å². The Morgan fingerprint density at radius 2 is 0.969 bits per heavy atom. The first-order chi connectivity index (χ1) is 15.0. The zero-order chi connectivity index (χ0) is 24.7. The lowest BCUT2D eigenvalue weighted by atomic mass is 10.0. The summed E-state index contributed by atoms with van der Waals surface area (Å²) in [6.45, 7) is 4.65. The van der Waals surface area contributed by atoms with Crippen LogP contribution in [-0.2, 0) is 9.53 Å². The van der Waals surface area contributed by atoms with Crippen molar-refractivity contribution in [2.75, 3.05) is 6.61 Å². The van der Waals surface area contributed by atoms with E-state index in [-0.39, 0.29) is 5.97 Å². The molecule has 8 atom stereocenters. The predicted octanol–water partition coefficient (Wildman–Crippen LogP) is 10.9. The Balaban J connectivity index is 4.34. The van der Waals surface area contributed by atoms with Gasteiger partial charge in [-0.05, 0) is 45.4 Å². The predicted molar refractivity (Wildman–Crippen MR) is 211 cm³/mol. The Morgan fingerprint density at radius 1 is 0.594 bits per heavy atom. The van der Waals surface area contributed by atoms with Gasteiger partial charge in [-0.3, -0.25) is 4.79 Å². The molecular formula is C22H36I8O2. The number of esters is 1. The van der Waals surface area contributed by atoms with Gasteiger partial charge in [-0.25, -0.2) is 0 Å². The molecule has 0 saturated heterocycles. The molecular weight excluding hydrogens is 1310 g/mol. The summed E-state index contributed by atoms with van der Waals surface area (Å²) in [6, 6.07) is 0. The van der Waals surface area contributed by atoms with E-state index in [1.165, 1.54) is 44.9 Å². The van der Waals surface area contributed by atoms with Gasteiger partial charge in [0.25, 0.3) is 0 Å². The molecule has 0 amide bonds. The van der Waals surface area contributed by atoms with Crippen molar-refractivity contribution >= 4 is 187 Å². The second kappa shape index (κ2) is 23.1. The zero-order valence-corrected chi connectivity index (χ0v) is 36.0. The molecule has 0 bridgehead atoms. The molecule has 0 aromatic heterocycles. The fourth-order valence-electron chi connectivity index (χ4n) is 3.16. The highest BCUT2D eigenvalue weighted by atomic mass is 127. The molecule has 0 aliphatic heterocycles. The third kappa shape index (κ3) is 18.6. The summed E-state index contributed by atoms with van der Waals surface area (Å²) in [5.74, 6) is -0.0507. The van der Waals surface area contributed by atoms with Crippen LogP contribution in [0.4, 0.5) is 0 Å². The standard InChI is InChI=1S/C22H36I8O2/c1-3-5-6-8-14(23)16(25)11-18(27)20(29)13-21(30)19(28)12-17(26)15(24)9-7-10-22(31)32-4-2/h14-21H,3-13H2,1-2H3. The van der Waals surface area contributed by atoms with E-state index in [1.807, 2.05) is 6.92 Å². The fourth-order valence-corrected chi connectivity index (χ4v) is 12.7. The first-order valence-corrected chi connectivity index (χ1v) is 21.3. The minimum absolute atomic E-state index is 0.0507. The molecule has 0 aliphatic carbocycles. The van der Waals surface area contributed by atoms with E-state index in [0.717, 1.165) is 28.5 Å². The monoisotopic (exact) mass is 1350 g/mol. The Labute approximate surface area is 306 Å². The Hall–Kier alpha value is 5.31. The van der Waals surface area contributed by atoms with E-state index < -0.39 is 0 Å². The molecule has 2 nitrogen and oxygen atoms in total. The van der Waals surface area contributed by atoms with E-state index in [1.54, 1.807) is 0 Å². The van der Waals surface area contributed by atoms with Gasteiger partial charge in [-0.15, -0.1) is 0 Å². The van der Waals surface area contributed by atoms with Crippen molar-refractivity contribution in [2.24, 2.45) is 0 Å². The van der Waals surface area contributed by atoms with Crippen molar-refractivity contribution in [2.45, 2.75) is 109 Å². The zero-order valence-electron chi connectivity index (χ0n) is 18.7. The lowest BCUT2D eigenvalue weighted by molar-refractivity contribution is -0.143. The molecule has 0 heterocycles. The number of hydrogen-bond acceptors (Lipinski definition) is 2. The van der Waals surface area contributed by atoms with Crippen molar-refractivity contribution in [3.63, 3.8) is 0 Å². The molecule has 0 aromatic rings.